The van der Waals surface area contributed by atoms with E-state index in [9.17, 15) is 5.11 Å². The van der Waals surface area contributed by atoms with E-state index in [1.165, 1.54) is 0 Å². The summed E-state index contributed by atoms with van der Waals surface area (Å²) in [7, 11) is 5.73. The van der Waals surface area contributed by atoms with Crippen LogP contribution in [-0.2, 0) is 5.11 Å². The molecule has 0 spiro atoms. The van der Waals surface area contributed by atoms with Crippen molar-refractivity contribution < 1.29 is 5.11 Å². The summed E-state index contributed by atoms with van der Waals surface area (Å²) in [4.78, 5) is 0. The van der Waals surface area contributed by atoms with E-state index in [2.05, 4.69) is 22.9 Å². The molecule has 0 saturated heterocycles. The molecule has 1 unspecified atom stereocenters. The molecule has 4 nitrogen and oxygen atoms in total. The average Bonchev–Trinajstić information content (AvgIpc) is 2.17. The predicted octanol–water partition coefficient (Wildman–Crippen LogP) is -0.0599. The first-order valence-electron chi connectivity index (χ1n) is 4.75. The number of hydrogen-bond donors (Lipinski definition) is 3. The van der Waals surface area contributed by atoms with Crippen LogP contribution in [0.25, 0.3) is 0 Å². The molecular formula is C9H22N3O. The van der Waals surface area contributed by atoms with Crippen LogP contribution < -0.4 is 16.0 Å². The number of rotatable bonds is 7. The summed E-state index contributed by atoms with van der Waals surface area (Å²) < 4.78 is 0. The molecule has 0 rings (SSSR count). The fourth-order valence-corrected chi connectivity index (χ4v) is 1.31. The smallest absolute Gasteiger partial charge is 0.0837 e. The largest absolute Gasteiger partial charge is 0.317 e. The van der Waals surface area contributed by atoms with Gasteiger partial charge < -0.3 is 16.0 Å². The highest BCUT2D eigenvalue weighted by atomic mass is 16.3. The SMILES string of the molecule is CNC(CC[O])CC(C)(NC)NC. The molecular weight excluding hydrogens is 166 g/mol. The van der Waals surface area contributed by atoms with Gasteiger partial charge in [0, 0.05) is 6.04 Å². The van der Waals surface area contributed by atoms with Crippen molar-refractivity contribution in [2.24, 2.45) is 0 Å². The topological polar surface area (TPSA) is 56.0 Å². The zero-order valence-electron chi connectivity index (χ0n) is 9.11. The maximum absolute atomic E-state index is 10.5. The second kappa shape index (κ2) is 6.32. The van der Waals surface area contributed by atoms with Crippen LogP contribution >= 0.6 is 0 Å². The molecule has 0 bridgehead atoms. The minimum atomic E-state index is -0.0944. The molecule has 1 atom stereocenters. The lowest BCUT2D eigenvalue weighted by atomic mass is 10.00. The summed E-state index contributed by atoms with van der Waals surface area (Å²) in [6.07, 6.45) is 1.58. The Labute approximate surface area is 81.1 Å². The van der Waals surface area contributed by atoms with E-state index in [0.29, 0.717) is 6.42 Å². The van der Waals surface area contributed by atoms with Gasteiger partial charge in [-0.3, -0.25) is 0 Å². The zero-order valence-corrected chi connectivity index (χ0v) is 9.11. The highest BCUT2D eigenvalue weighted by molar-refractivity contribution is 4.82. The second-order valence-electron chi connectivity index (χ2n) is 3.51. The van der Waals surface area contributed by atoms with Crippen LogP contribution in [0, 0.1) is 0 Å². The van der Waals surface area contributed by atoms with E-state index in [-0.39, 0.29) is 18.3 Å². The molecule has 13 heavy (non-hydrogen) atoms. The summed E-state index contributed by atoms with van der Waals surface area (Å²) in [6.45, 7) is 2.07. The van der Waals surface area contributed by atoms with E-state index in [1.807, 2.05) is 21.1 Å². The Hall–Kier alpha value is -0.160. The van der Waals surface area contributed by atoms with E-state index in [4.69, 9.17) is 0 Å². The van der Waals surface area contributed by atoms with Crippen molar-refractivity contribution >= 4 is 0 Å². The van der Waals surface area contributed by atoms with E-state index in [0.717, 1.165) is 6.42 Å². The van der Waals surface area contributed by atoms with Gasteiger partial charge in [-0.25, -0.2) is 5.11 Å². The molecule has 0 aromatic carbocycles. The fourth-order valence-electron chi connectivity index (χ4n) is 1.31. The number of hydrogen-bond acceptors (Lipinski definition) is 3. The summed E-state index contributed by atoms with van der Waals surface area (Å²) in [5.74, 6) is 0. The summed E-state index contributed by atoms with van der Waals surface area (Å²) in [6, 6.07) is 0.280. The Morgan fingerprint density at radius 2 is 1.77 bits per heavy atom. The molecule has 0 saturated carbocycles. The van der Waals surface area contributed by atoms with Gasteiger partial charge in [0.2, 0.25) is 0 Å². The predicted molar refractivity (Wildman–Crippen MR) is 54.2 cm³/mol. The third-order valence-corrected chi connectivity index (χ3v) is 2.63. The maximum atomic E-state index is 10.5. The molecule has 0 heterocycles. The van der Waals surface area contributed by atoms with Crippen molar-refractivity contribution in [2.45, 2.75) is 31.5 Å². The van der Waals surface area contributed by atoms with Crippen molar-refractivity contribution in [3.63, 3.8) is 0 Å². The van der Waals surface area contributed by atoms with Gasteiger partial charge in [-0.2, -0.15) is 0 Å². The van der Waals surface area contributed by atoms with Crippen LogP contribution in [0.2, 0.25) is 0 Å². The highest BCUT2D eigenvalue weighted by Gasteiger charge is 2.23. The molecule has 3 N–H and O–H groups in total. The second-order valence-corrected chi connectivity index (χ2v) is 3.51. The standard InChI is InChI=1S/C9H22N3O/c1-9(11-3,12-4)7-8(10-2)5-6-13/h8,10-12H,5-7H2,1-4H3. The summed E-state index contributed by atoms with van der Waals surface area (Å²) >= 11 is 0. The molecule has 4 heteroatoms. The first-order chi connectivity index (χ1) is 6.11. The first kappa shape index (κ1) is 12.8. The van der Waals surface area contributed by atoms with Crippen LogP contribution in [-0.4, -0.2) is 39.5 Å². The Morgan fingerprint density at radius 3 is 2.08 bits per heavy atom. The third kappa shape index (κ3) is 4.57. The average molecular weight is 188 g/mol. The van der Waals surface area contributed by atoms with Gasteiger partial charge >= 0.3 is 0 Å². The Balaban J connectivity index is 4.02. The minimum absolute atomic E-state index is 0.0188. The number of nitrogens with one attached hydrogen (secondary N) is 3. The molecule has 0 amide bonds. The molecule has 1 radical (unpaired) electrons. The Morgan fingerprint density at radius 1 is 1.23 bits per heavy atom. The van der Waals surface area contributed by atoms with Crippen molar-refractivity contribution in [1.82, 2.24) is 16.0 Å². The van der Waals surface area contributed by atoms with Crippen molar-refractivity contribution in [3.8, 4) is 0 Å². The normalized spacial score (nSPS) is 14.5. The highest BCUT2D eigenvalue weighted by Crippen LogP contribution is 2.09. The Kier molecular flexibility index (Phi) is 6.24. The van der Waals surface area contributed by atoms with E-state index < -0.39 is 0 Å². The van der Waals surface area contributed by atoms with Gasteiger partial charge in [-0.15, -0.1) is 0 Å². The molecule has 0 fully saturated rings. The van der Waals surface area contributed by atoms with Gasteiger partial charge in [0.15, 0.2) is 0 Å². The van der Waals surface area contributed by atoms with Crippen LogP contribution in [0.15, 0.2) is 0 Å². The van der Waals surface area contributed by atoms with Gasteiger partial charge in [0.25, 0.3) is 0 Å². The van der Waals surface area contributed by atoms with E-state index >= 15 is 0 Å². The zero-order chi connectivity index (χ0) is 10.3. The maximum Gasteiger partial charge on any atom is 0.0837 e. The first-order valence-corrected chi connectivity index (χ1v) is 4.75. The monoisotopic (exact) mass is 188 g/mol. The summed E-state index contributed by atoms with van der Waals surface area (Å²) in [5, 5.41) is 20.0. The van der Waals surface area contributed by atoms with Gasteiger partial charge in [-0.1, -0.05) is 0 Å². The Bertz CT molecular complexity index is 126. The molecule has 0 aliphatic rings. The lowest BCUT2D eigenvalue weighted by molar-refractivity contribution is 0.164. The fraction of sp³-hybridized carbons (Fsp3) is 1.00. The third-order valence-electron chi connectivity index (χ3n) is 2.63. The quantitative estimate of drug-likeness (QED) is 0.491. The van der Waals surface area contributed by atoms with E-state index in [1.54, 1.807) is 0 Å². The van der Waals surface area contributed by atoms with Crippen molar-refractivity contribution in [3.05, 3.63) is 0 Å². The molecule has 79 valence electrons. The van der Waals surface area contributed by atoms with Gasteiger partial charge in [0.05, 0.1) is 12.3 Å². The lowest BCUT2D eigenvalue weighted by Gasteiger charge is -2.32. The van der Waals surface area contributed by atoms with Crippen LogP contribution in [0.5, 0.6) is 0 Å². The van der Waals surface area contributed by atoms with Crippen LogP contribution in [0.1, 0.15) is 19.8 Å². The molecule has 0 aliphatic carbocycles. The molecule has 0 aromatic rings. The van der Waals surface area contributed by atoms with Crippen LogP contribution in [0.3, 0.4) is 0 Å². The van der Waals surface area contributed by atoms with Crippen molar-refractivity contribution in [2.75, 3.05) is 27.7 Å². The minimum Gasteiger partial charge on any atom is -0.317 e. The van der Waals surface area contributed by atoms with Crippen molar-refractivity contribution in [1.29, 1.82) is 0 Å². The van der Waals surface area contributed by atoms with Gasteiger partial charge in [-0.05, 0) is 40.9 Å². The molecule has 0 aromatic heterocycles. The summed E-state index contributed by atoms with van der Waals surface area (Å²) in [5.41, 5.74) is -0.0944. The lowest BCUT2D eigenvalue weighted by Crippen LogP contribution is -2.54. The molecule has 0 aliphatic heterocycles. The van der Waals surface area contributed by atoms with Gasteiger partial charge in [0.1, 0.15) is 0 Å². The van der Waals surface area contributed by atoms with Crippen LogP contribution in [0.4, 0.5) is 0 Å².